The van der Waals surface area contributed by atoms with Crippen LogP contribution in [0.25, 0.3) is 6.08 Å². The molecule has 40 heavy (non-hydrogen) atoms. The van der Waals surface area contributed by atoms with Crippen molar-refractivity contribution in [1.29, 1.82) is 0 Å². The summed E-state index contributed by atoms with van der Waals surface area (Å²) < 4.78 is 5.37. The lowest BCUT2D eigenvalue weighted by molar-refractivity contribution is -0.138. The monoisotopic (exact) mass is 580 g/mol. The first-order valence-electron chi connectivity index (χ1n) is 12.9. The minimum Gasteiger partial charge on any atom is -0.508 e. The van der Waals surface area contributed by atoms with E-state index in [-0.39, 0.29) is 30.1 Å². The number of phenolic OH excluding ortho intramolecular Hbond substituents is 1. The number of ether oxygens (including phenoxy) is 1. The van der Waals surface area contributed by atoms with Crippen LogP contribution in [0.15, 0.2) is 60.7 Å². The molecule has 4 aliphatic rings. The summed E-state index contributed by atoms with van der Waals surface area (Å²) in [4.78, 5) is 53.0. The highest BCUT2D eigenvalue weighted by atomic mass is 35.5. The van der Waals surface area contributed by atoms with Crippen LogP contribution in [0.5, 0.6) is 11.5 Å². The Morgan fingerprint density at radius 2 is 1.73 bits per heavy atom. The third-order valence-electron chi connectivity index (χ3n) is 8.95. The lowest BCUT2D eigenvalue weighted by Crippen LogP contribution is -2.60. The molecule has 2 aromatic rings. The van der Waals surface area contributed by atoms with Crippen LogP contribution in [0, 0.1) is 17.8 Å². The molecule has 6 rings (SSSR count). The van der Waals surface area contributed by atoms with Gasteiger partial charge in [0.25, 0.3) is 11.8 Å². The van der Waals surface area contributed by atoms with Crippen molar-refractivity contribution in [2.24, 2.45) is 17.8 Å². The van der Waals surface area contributed by atoms with Crippen molar-refractivity contribution < 1.29 is 29.0 Å². The van der Waals surface area contributed by atoms with Crippen molar-refractivity contribution in [2.45, 2.75) is 28.5 Å². The molecule has 0 radical (unpaired) electrons. The van der Waals surface area contributed by atoms with Crippen molar-refractivity contribution >= 4 is 58.6 Å². The molecule has 2 heterocycles. The zero-order valence-corrected chi connectivity index (χ0v) is 23.3. The van der Waals surface area contributed by atoms with Gasteiger partial charge in [-0.3, -0.25) is 29.0 Å². The Balaban J connectivity index is 1.52. The number of aromatic hydroxyl groups is 1. The molecule has 10 heteroatoms. The first kappa shape index (κ1) is 26.6. The third kappa shape index (κ3) is 3.26. The Kier molecular flexibility index (Phi) is 5.95. The number of hydrogen-bond acceptors (Lipinski definition) is 6. The second-order valence-electron chi connectivity index (χ2n) is 10.7. The molecule has 1 N–H and O–H groups in total. The third-order valence-corrected chi connectivity index (χ3v) is 10.4. The number of phenols is 1. The molecule has 8 nitrogen and oxygen atoms in total. The molecule has 4 amide bonds. The minimum atomic E-state index is -1.98. The highest BCUT2D eigenvalue weighted by molar-refractivity contribution is 6.53. The number of anilines is 1. The molecule has 1 saturated carbocycles. The average molecular weight is 581 g/mol. The van der Waals surface area contributed by atoms with Gasteiger partial charge in [0.15, 0.2) is 9.75 Å². The molecule has 0 bridgehead atoms. The van der Waals surface area contributed by atoms with Gasteiger partial charge in [0.2, 0.25) is 11.8 Å². The maximum absolute atomic E-state index is 14.0. The molecule has 6 unspecified atom stereocenters. The molecular weight excluding hydrogens is 555 g/mol. The van der Waals surface area contributed by atoms with Crippen LogP contribution >= 0.6 is 23.2 Å². The first-order valence-corrected chi connectivity index (χ1v) is 13.6. The van der Waals surface area contributed by atoms with Crippen molar-refractivity contribution in [3.8, 4) is 11.5 Å². The number of benzene rings is 2. The predicted molar refractivity (Wildman–Crippen MR) is 149 cm³/mol. The standard InChI is InChI=1S/C30H26Cl2N2O6/c1-4-15-5-7-16(8-6-15)34-25(36)19-11-10-18-21(23(19)26(34)37)14-29(31)27(38)33(2)28(39)30(29,32)24(18)20-13-17(40-3)9-12-22(20)35/h4-10,12-13,19,21,23-24,35H,1,11,14H2,2-3H3. The maximum Gasteiger partial charge on any atom is 0.253 e. The van der Waals surface area contributed by atoms with E-state index in [0.717, 1.165) is 10.5 Å². The average Bonchev–Trinajstić information content (AvgIpc) is 3.28. The van der Waals surface area contributed by atoms with Gasteiger partial charge >= 0.3 is 0 Å². The van der Waals surface area contributed by atoms with Gasteiger partial charge in [0.05, 0.1) is 24.6 Å². The number of halogens is 2. The van der Waals surface area contributed by atoms with E-state index >= 15 is 0 Å². The number of nitrogens with zero attached hydrogens (tertiary/aromatic N) is 2. The molecule has 2 aliphatic carbocycles. The number of imide groups is 2. The van der Waals surface area contributed by atoms with Crippen molar-refractivity contribution in [3.05, 3.63) is 71.8 Å². The highest BCUT2D eigenvalue weighted by Gasteiger charge is 2.76. The zero-order valence-electron chi connectivity index (χ0n) is 21.8. The van der Waals surface area contributed by atoms with Gasteiger partial charge in [-0.25, -0.2) is 0 Å². The summed E-state index contributed by atoms with van der Waals surface area (Å²) in [6.07, 6.45) is 3.59. The Morgan fingerprint density at radius 3 is 2.38 bits per heavy atom. The van der Waals surface area contributed by atoms with Crippen LogP contribution < -0.4 is 9.64 Å². The van der Waals surface area contributed by atoms with Gasteiger partial charge < -0.3 is 9.84 Å². The van der Waals surface area contributed by atoms with Crippen LogP contribution in [0.3, 0.4) is 0 Å². The quantitative estimate of drug-likeness (QED) is 0.329. The second-order valence-corrected chi connectivity index (χ2v) is 12.0. The van der Waals surface area contributed by atoms with Gasteiger partial charge in [-0.15, -0.1) is 23.2 Å². The molecule has 6 atom stereocenters. The van der Waals surface area contributed by atoms with Crippen LogP contribution in [0.2, 0.25) is 0 Å². The SMILES string of the molecule is C=Cc1ccc(N2C(=O)C3CC=C4C(CC5(Cl)C(=O)N(C)C(=O)C5(Cl)C4c4cc(OC)ccc4O)C3C2=O)cc1. The summed E-state index contributed by atoms with van der Waals surface area (Å²) in [5.41, 5.74) is 2.12. The van der Waals surface area contributed by atoms with Crippen LogP contribution in [-0.2, 0) is 19.2 Å². The largest absolute Gasteiger partial charge is 0.508 e. The van der Waals surface area contributed by atoms with Gasteiger partial charge in [-0.2, -0.15) is 0 Å². The van der Waals surface area contributed by atoms with Gasteiger partial charge in [-0.1, -0.05) is 36.4 Å². The van der Waals surface area contributed by atoms with Gasteiger partial charge in [0.1, 0.15) is 11.5 Å². The van der Waals surface area contributed by atoms with E-state index in [4.69, 9.17) is 27.9 Å². The van der Waals surface area contributed by atoms with E-state index in [1.54, 1.807) is 42.5 Å². The fraction of sp³-hybridized carbons (Fsp3) is 0.333. The summed E-state index contributed by atoms with van der Waals surface area (Å²) in [5, 5.41) is 11.0. The van der Waals surface area contributed by atoms with Crippen molar-refractivity contribution in [1.82, 2.24) is 4.90 Å². The second kappa shape index (κ2) is 8.94. The number of likely N-dealkylation sites (tertiary alicyclic amines) is 1. The first-order chi connectivity index (χ1) is 19.0. The molecule has 2 saturated heterocycles. The van der Waals surface area contributed by atoms with E-state index < -0.39 is 51.1 Å². The Morgan fingerprint density at radius 1 is 1.02 bits per heavy atom. The molecule has 206 valence electrons. The Bertz CT molecular complexity index is 1540. The van der Waals surface area contributed by atoms with Crippen molar-refractivity contribution in [2.75, 3.05) is 19.1 Å². The summed E-state index contributed by atoms with van der Waals surface area (Å²) in [6.45, 7) is 3.74. The van der Waals surface area contributed by atoms with Crippen LogP contribution in [-0.4, -0.2) is 57.5 Å². The van der Waals surface area contributed by atoms with Gasteiger partial charge in [0, 0.05) is 18.5 Å². The number of rotatable bonds is 4. The number of hydrogen-bond donors (Lipinski definition) is 1. The number of alkyl halides is 2. The van der Waals surface area contributed by atoms with Crippen molar-refractivity contribution in [3.63, 3.8) is 0 Å². The van der Waals surface area contributed by atoms with E-state index in [0.29, 0.717) is 17.0 Å². The molecule has 0 aromatic heterocycles. The number of methoxy groups -OCH3 is 1. The summed E-state index contributed by atoms with van der Waals surface area (Å²) >= 11 is 14.3. The van der Waals surface area contributed by atoms with E-state index in [1.807, 2.05) is 6.08 Å². The van der Waals surface area contributed by atoms with E-state index in [2.05, 4.69) is 6.58 Å². The lowest BCUT2D eigenvalue weighted by atomic mass is 9.56. The normalized spacial score (nSPS) is 33.0. The smallest absolute Gasteiger partial charge is 0.253 e. The van der Waals surface area contributed by atoms with Crippen LogP contribution in [0.1, 0.15) is 29.9 Å². The van der Waals surface area contributed by atoms with E-state index in [9.17, 15) is 24.3 Å². The number of fused-ring (bicyclic) bond motifs is 4. The van der Waals surface area contributed by atoms with Gasteiger partial charge in [-0.05, 0) is 54.7 Å². The zero-order chi connectivity index (χ0) is 28.7. The Hall–Kier alpha value is -3.62. The predicted octanol–water partition coefficient (Wildman–Crippen LogP) is 4.24. The molecule has 2 aliphatic heterocycles. The number of amides is 4. The Labute approximate surface area is 240 Å². The fourth-order valence-electron chi connectivity index (χ4n) is 6.99. The number of carbonyl (C=O) groups is 4. The maximum atomic E-state index is 14.0. The summed E-state index contributed by atoms with van der Waals surface area (Å²) in [5.74, 6) is -5.13. The lowest BCUT2D eigenvalue weighted by Gasteiger charge is -2.50. The van der Waals surface area contributed by atoms with Crippen LogP contribution in [0.4, 0.5) is 5.69 Å². The van der Waals surface area contributed by atoms with E-state index in [1.165, 1.54) is 25.1 Å². The molecule has 3 fully saturated rings. The minimum absolute atomic E-state index is 0.122. The molecule has 2 aromatic carbocycles. The molecule has 0 spiro atoms. The number of carbonyl (C=O) groups excluding carboxylic acids is 4. The molecular formula is C30H26Cl2N2O6. The highest BCUT2D eigenvalue weighted by Crippen LogP contribution is 2.66. The number of allylic oxidation sites excluding steroid dienone is 2. The topological polar surface area (TPSA) is 104 Å². The summed E-state index contributed by atoms with van der Waals surface area (Å²) in [6, 6.07) is 11.5. The summed E-state index contributed by atoms with van der Waals surface area (Å²) in [7, 11) is 2.78. The fourth-order valence-corrected chi connectivity index (χ4v) is 8.01.